The lowest BCUT2D eigenvalue weighted by molar-refractivity contribution is 0.263. The van der Waals surface area contributed by atoms with Gasteiger partial charge in [-0.25, -0.2) is 9.97 Å². The Labute approximate surface area is 119 Å². The highest BCUT2D eigenvalue weighted by molar-refractivity contribution is 6.29. The molecule has 0 bridgehead atoms. The molecule has 1 aromatic heterocycles. The molecule has 0 radical (unpaired) electrons. The largest absolute Gasteiger partial charge is 0.396 e. The minimum atomic E-state index is -0.107. The second-order valence-electron chi connectivity index (χ2n) is 6.24. The Morgan fingerprint density at radius 2 is 2.16 bits per heavy atom. The van der Waals surface area contributed by atoms with Crippen LogP contribution in [0.3, 0.4) is 0 Å². The van der Waals surface area contributed by atoms with Crippen LogP contribution in [0.4, 0.5) is 5.82 Å². The topological polar surface area (TPSA) is 49.2 Å². The van der Waals surface area contributed by atoms with Crippen LogP contribution in [0.15, 0.2) is 6.07 Å². The summed E-state index contributed by atoms with van der Waals surface area (Å²) in [5, 5.41) is 9.51. The average Bonchev–Trinajstić information content (AvgIpc) is 2.76. The minimum Gasteiger partial charge on any atom is -0.396 e. The van der Waals surface area contributed by atoms with Crippen LogP contribution in [0.5, 0.6) is 0 Å². The van der Waals surface area contributed by atoms with Gasteiger partial charge in [0.1, 0.15) is 16.8 Å². The lowest BCUT2D eigenvalue weighted by Gasteiger charge is -2.22. The van der Waals surface area contributed by atoms with Crippen LogP contribution in [0, 0.1) is 5.92 Å². The van der Waals surface area contributed by atoms with Gasteiger partial charge in [0.05, 0.1) is 0 Å². The summed E-state index contributed by atoms with van der Waals surface area (Å²) in [4.78, 5) is 11.2. The van der Waals surface area contributed by atoms with E-state index in [1.165, 1.54) is 0 Å². The molecular weight excluding hydrogens is 262 g/mol. The normalized spacial score (nSPS) is 20.1. The maximum atomic E-state index is 9.01. The molecule has 2 rings (SSSR count). The Morgan fingerprint density at radius 1 is 1.42 bits per heavy atom. The number of aromatic nitrogens is 2. The second kappa shape index (κ2) is 5.63. The van der Waals surface area contributed by atoms with Crippen LogP contribution in [-0.2, 0) is 5.41 Å². The molecular formula is C14H22ClN3O. The molecule has 1 atom stereocenters. The van der Waals surface area contributed by atoms with Gasteiger partial charge in [0.25, 0.3) is 0 Å². The number of rotatable bonds is 3. The number of aliphatic hydroxyl groups is 1. The average molecular weight is 284 g/mol. The van der Waals surface area contributed by atoms with E-state index in [1.807, 2.05) is 6.07 Å². The Morgan fingerprint density at radius 3 is 2.79 bits per heavy atom. The van der Waals surface area contributed by atoms with Crippen molar-refractivity contribution in [2.24, 2.45) is 5.92 Å². The molecule has 0 aromatic carbocycles. The molecule has 0 aliphatic carbocycles. The van der Waals surface area contributed by atoms with Crippen molar-refractivity contribution in [1.82, 2.24) is 9.97 Å². The summed E-state index contributed by atoms with van der Waals surface area (Å²) < 4.78 is 0. The molecule has 4 nitrogen and oxygen atoms in total. The van der Waals surface area contributed by atoms with Gasteiger partial charge >= 0.3 is 0 Å². The highest BCUT2D eigenvalue weighted by atomic mass is 35.5. The van der Waals surface area contributed by atoms with Gasteiger partial charge in [0.15, 0.2) is 0 Å². The number of aliphatic hydroxyl groups excluding tert-OH is 1. The van der Waals surface area contributed by atoms with Gasteiger partial charge in [-0.05, 0) is 18.8 Å². The van der Waals surface area contributed by atoms with Crippen molar-refractivity contribution in [3.63, 3.8) is 0 Å². The lowest BCUT2D eigenvalue weighted by atomic mass is 9.96. The predicted molar refractivity (Wildman–Crippen MR) is 77.8 cm³/mol. The smallest absolute Gasteiger partial charge is 0.137 e. The fourth-order valence-electron chi connectivity index (χ4n) is 2.36. The van der Waals surface area contributed by atoms with Crippen molar-refractivity contribution in [1.29, 1.82) is 0 Å². The predicted octanol–water partition coefficient (Wildman–Crippen LogP) is 2.64. The van der Waals surface area contributed by atoms with E-state index in [0.29, 0.717) is 11.1 Å². The van der Waals surface area contributed by atoms with E-state index < -0.39 is 0 Å². The third-order valence-electron chi connectivity index (χ3n) is 3.50. The van der Waals surface area contributed by atoms with Crippen molar-refractivity contribution < 1.29 is 5.11 Å². The van der Waals surface area contributed by atoms with Gasteiger partial charge in [0, 0.05) is 31.2 Å². The molecule has 1 fully saturated rings. The molecule has 1 aliphatic rings. The first-order valence-electron chi connectivity index (χ1n) is 6.81. The molecule has 2 heterocycles. The zero-order valence-corrected chi connectivity index (χ0v) is 12.6. The number of halogens is 1. The van der Waals surface area contributed by atoms with E-state index in [-0.39, 0.29) is 12.0 Å². The van der Waals surface area contributed by atoms with Crippen molar-refractivity contribution in [2.75, 3.05) is 24.6 Å². The van der Waals surface area contributed by atoms with Gasteiger partial charge in [-0.1, -0.05) is 32.4 Å². The molecule has 1 unspecified atom stereocenters. The van der Waals surface area contributed by atoms with E-state index in [9.17, 15) is 0 Å². The van der Waals surface area contributed by atoms with Crippen LogP contribution in [0.25, 0.3) is 0 Å². The summed E-state index contributed by atoms with van der Waals surface area (Å²) in [5.41, 5.74) is -0.107. The SMILES string of the molecule is CC(C)(C)c1nc(Cl)cc(N2CCC(CCO)C2)n1. The van der Waals surface area contributed by atoms with Crippen molar-refractivity contribution in [3.8, 4) is 0 Å². The number of hydrogen-bond donors (Lipinski definition) is 1. The molecule has 1 aromatic rings. The van der Waals surface area contributed by atoms with Crippen molar-refractivity contribution in [2.45, 2.75) is 39.0 Å². The minimum absolute atomic E-state index is 0.107. The number of nitrogens with zero attached hydrogens (tertiary/aromatic N) is 3. The standard InChI is InChI=1S/C14H22ClN3O/c1-14(2,3)13-16-11(15)8-12(17-13)18-6-4-10(9-18)5-7-19/h8,10,19H,4-7,9H2,1-3H3. The monoisotopic (exact) mass is 283 g/mol. The summed E-state index contributed by atoms with van der Waals surface area (Å²) in [6.07, 6.45) is 1.97. The van der Waals surface area contributed by atoms with Gasteiger partial charge < -0.3 is 10.0 Å². The van der Waals surface area contributed by atoms with E-state index in [2.05, 4.69) is 35.6 Å². The zero-order chi connectivity index (χ0) is 14.0. The van der Waals surface area contributed by atoms with Gasteiger partial charge in [-0.15, -0.1) is 0 Å². The maximum absolute atomic E-state index is 9.01. The summed E-state index contributed by atoms with van der Waals surface area (Å²) in [6.45, 7) is 8.43. The number of anilines is 1. The van der Waals surface area contributed by atoms with Gasteiger partial charge in [-0.3, -0.25) is 0 Å². The van der Waals surface area contributed by atoms with E-state index in [1.54, 1.807) is 0 Å². The summed E-state index contributed by atoms with van der Waals surface area (Å²) >= 11 is 6.11. The molecule has 19 heavy (non-hydrogen) atoms. The quantitative estimate of drug-likeness (QED) is 0.867. The Hall–Kier alpha value is -0.870. The van der Waals surface area contributed by atoms with E-state index in [4.69, 9.17) is 16.7 Å². The third kappa shape index (κ3) is 3.57. The highest BCUT2D eigenvalue weighted by Gasteiger charge is 2.25. The van der Waals surface area contributed by atoms with Crippen LogP contribution >= 0.6 is 11.6 Å². The first-order valence-corrected chi connectivity index (χ1v) is 7.19. The van der Waals surface area contributed by atoms with Crippen LogP contribution in [0.2, 0.25) is 5.15 Å². The molecule has 5 heteroatoms. The molecule has 1 N–H and O–H groups in total. The first kappa shape index (κ1) is 14.5. The van der Waals surface area contributed by atoms with Crippen molar-refractivity contribution in [3.05, 3.63) is 17.0 Å². The molecule has 1 aliphatic heterocycles. The van der Waals surface area contributed by atoms with Crippen molar-refractivity contribution >= 4 is 17.4 Å². The Balaban J connectivity index is 2.19. The summed E-state index contributed by atoms with van der Waals surface area (Å²) in [6, 6.07) is 1.83. The fourth-order valence-corrected chi connectivity index (χ4v) is 2.54. The molecule has 0 saturated carbocycles. The molecule has 0 spiro atoms. The molecule has 106 valence electrons. The second-order valence-corrected chi connectivity index (χ2v) is 6.62. The first-order chi connectivity index (χ1) is 8.90. The summed E-state index contributed by atoms with van der Waals surface area (Å²) in [5.74, 6) is 2.24. The van der Waals surface area contributed by atoms with Gasteiger partial charge in [0.2, 0.25) is 0 Å². The third-order valence-corrected chi connectivity index (χ3v) is 3.69. The fraction of sp³-hybridized carbons (Fsp3) is 0.714. The molecule has 0 amide bonds. The van der Waals surface area contributed by atoms with Crippen LogP contribution in [-0.4, -0.2) is 34.8 Å². The number of hydrogen-bond acceptors (Lipinski definition) is 4. The lowest BCUT2D eigenvalue weighted by Crippen LogP contribution is -2.24. The maximum Gasteiger partial charge on any atom is 0.137 e. The highest BCUT2D eigenvalue weighted by Crippen LogP contribution is 2.28. The van der Waals surface area contributed by atoms with Gasteiger partial charge in [-0.2, -0.15) is 0 Å². The Bertz CT molecular complexity index is 445. The Kier molecular flexibility index (Phi) is 4.31. The van der Waals surface area contributed by atoms with Crippen LogP contribution < -0.4 is 4.90 Å². The zero-order valence-electron chi connectivity index (χ0n) is 11.9. The summed E-state index contributed by atoms with van der Waals surface area (Å²) in [7, 11) is 0. The van der Waals surface area contributed by atoms with E-state index >= 15 is 0 Å². The van der Waals surface area contributed by atoms with Crippen LogP contribution in [0.1, 0.15) is 39.4 Å². The van der Waals surface area contributed by atoms with E-state index in [0.717, 1.165) is 37.6 Å². The molecule has 1 saturated heterocycles.